The fraction of sp³-hybridized carbons (Fsp3) is 0.818. The van der Waals surface area contributed by atoms with Crippen LogP contribution in [0.5, 0.6) is 0 Å². The molecule has 2 fully saturated rings. The highest BCUT2D eigenvalue weighted by atomic mass is 16.5. The van der Waals surface area contributed by atoms with Crippen molar-refractivity contribution in [2.75, 3.05) is 0 Å². The molecule has 0 aliphatic heterocycles. The summed E-state index contributed by atoms with van der Waals surface area (Å²) in [6.07, 6.45) is 4.13. The summed E-state index contributed by atoms with van der Waals surface area (Å²) in [5.41, 5.74) is 0. The van der Waals surface area contributed by atoms with E-state index in [2.05, 4.69) is 0 Å². The number of rotatable bonds is 4. The molecule has 3 nitrogen and oxygen atoms in total. The first-order valence-electron chi connectivity index (χ1n) is 5.31. The van der Waals surface area contributed by atoms with E-state index in [1.807, 2.05) is 0 Å². The molecular formula is C11H16O3. The number of ether oxygens (including phenoxy) is 1. The number of ketones is 1. The fourth-order valence-corrected chi connectivity index (χ4v) is 3.25. The van der Waals surface area contributed by atoms with Crippen LogP contribution in [0.15, 0.2) is 0 Å². The van der Waals surface area contributed by atoms with Crippen LogP contribution in [0.2, 0.25) is 0 Å². The first kappa shape index (κ1) is 9.69. The minimum atomic E-state index is 0.0233. The lowest BCUT2D eigenvalue weighted by atomic mass is 9.83. The van der Waals surface area contributed by atoms with Crippen LogP contribution in [-0.2, 0) is 14.3 Å². The molecule has 0 spiro atoms. The summed E-state index contributed by atoms with van der Waals surface area (Å²) in [6.45, 7) is 2.16. The predicted octanol–water partition coefficient (Wildman–Crippen LogP) is 1.55. The van der Waals surface area contributed by atoms with Gasteiger partial charge in [0, 0.05) is 12.3 Å². The number of carbonyl (C=O) groups excluding carboxylic acids is 2. The van der Waals surface area contributed by atoms with Gasteiger partial charge in [0.15, 0.2) is 0 Å². The molecule has 3 heteroatoms. The van der Waals surface area contributed by atoms with Crippen LogP contribution in [0.25, 0.3) is 0 Å². The van der Waals surface area contributed by atoms with Crippen molar-refractivity contribution < 1.29 is 14.3 Å². The maximum atomic E-state index is 11.1. The zero-order valence-corrected chi connectivity index (χ0v) is 8.44. The van der Waals surface area contributed by atoms with Crippen LogP contribution in [0.1, 0.15) is 32.6 Å². The van der Waals surface area contributed by atoms with E-state index in [0.29, 0.717) is 30.6 Å². The normalized spacial score (nSPS) is 39.8. The topological polar surface area (TPSA) is 43.4 Å². The molecule has 0 N–H and O–H groups in total. The van der Waals surface area contributed by atoms with Crippen molar-refractivity contribution in [3.05, 3.63) is 0 Å². The van der Waals surface area contributed by atoms with Gasteiger partial charge in [-0.05, 0) is 38.0 Å². The first-order valence-corrected chi connectivity index (χ1v) is 5.31. The Bertz CT molecular complexity index is 249. The van der Waals surface area contributed by atoms with Crippen LogP contribution < -0.4 is 0 Å². The Hall–Kier alpha value is -0.860. The molecule has 2 bridgehead atoms. The van der Waals surface area contributed by atoms with Gasteiger partial charge in [-0.3, -0.25) is 4.79 Å². The summed E-state index contributed by atoms with van der Waals surface area (Å²) < 4.78 is 5.12. The van der Waals surface area contributed by atoms with Gasteiger partial charge in [0.1, 0.15) is 11.9 Å². The van der Waals surface area contributed by atoms with Crippen molar-refractivity contribution in [3.63, 3.8) is 0 Å². The highest BCUT2D eigenvalue weighted by Crippen LogP contribution is 2.50. The quantitative estimate of drug-likeness (QED) is 0.641. The molecule has 0 unspecified atom stereocenters. The summed E-state index contributed by atoms with van der Waals surface area (Å²) in [6, 6.07) is 0. The molecule has 2 aliphatic rings. The van der Waals surface area contributed by atoms with Gasteiger partial charge in [-0.2, -0.15) is 0 Å². The predicted molar refractivity (Wildman–Crippen MR) is 50.6 cm³/mol. The number of hydrogen-bond donors (Lipinski definition) is 0. The zero-order valence-electron chi connectivity index (χ0n) is 8.44. The van der Waals surface area contributed by atoms with Crippen LogP contribution in [0.4, 0.5) is 0 Å². The van der Waals surface area contributed by atoms with E-state index in [4.69, 9.17) is 4.74 Å². The van der Waals surface area contributed by atoms with Crippen LogP contribution >= 0.6 is 0 Å². The third-order valence-electron chi connectivity index (χ3n) is 3.74. The monoisotopic (exact) mass is 196 g/mol. The van der Waals surface area contributed by atoms with Crippen molar-refractivity contribution in [3.8, 4) is 0 Å². The van der Waals surface area contributed by atoms with Crippen molar-refractivity contribution in [1.29, 1.82) is 0 Å². The van der Waals surface area contributed by atoms with Gasteiger partial charge < -0.3 is 9.53 Å². The zero-order chi connectivity index (χ0) is 10.1. The maximum Gasteiger partial charge on any atom is 0.293 e. The number of hydrogen-bond acceptors (Lipinski definition) is 3. The summed E-state index contributed by atoms with van der Waals surface area (Å²) in [5, 5.41) is 0. The van der Waals surface area contributed by atoms with E-state index in [1.54, 1.807) is 6.92 Å². The Kier molecular flexibility index (Phi) is 2.57. The van der Waals surface area contributed by atoms with Gasteiger partial charge in [-0.15, -0.1) is 0 Å². The Labute approximate surface area is 83.8 Å². The van der Waals surface area contributed by atoms with E-state index in [1.165, 1.54) is 6.42 Å². The second kappa shape index (κ2) is 3.71. The van der Waals surface area contributed by atoms with Crippen molar-refractivity contribution in [2.24, 2.45) is 17.8 Å². The van der Waals surface area contributed by atoms with Gasteiger partial charge in [-0.25, -0.2) is 0 Å². The van der Waals surface area contributed by atoms with Crippen LogP contribution in [0, 0.1) is 17.8 Å². The van der Waals surface area contributed by atoms with E-state index in [-0.39, 0.29) is 11.9 Å². The molecule has 0 aromatic carbocycles. The lowest BCUT2D eigenvalue weighted by Gasteiger charge is -2.28. The average Bonchev–Trinajstić information content (AvgIpc) is 2.68. The van der Waals surface area contributed by atoms with E-state index < -0.39 is 0 Å². The highest BCUT2D eigenvalue weighted by molar-refractivity contribution is 5.75. The molecule has 0 radical (unpaired) electrons. The minimum absolute atomic E-state index is 0.0233. The van der Waals surface area contributed by atoms with Crippen molar-refractivity contribution in [1.82, 2.24) is 0 Å². The Morgan fingerprint density at radius 1 is 1.43 bits per heavy atom. The summed E-state index contributed by atoms with van der Waals surface area (Å²) >= 11 is 0. The van der Waals surface area contributed by atoms with Gasteiger partial charge in [0.05, 0.1) is 0 Å². The molecule has 4 atom stereocenters. The van der Waals surface area contributed by atoms with Gasteiger partial charge in [-0.1, -0.05) is 0 Å². The molecule has 2 aliphatic carbocycles. The largest absolute Gasteiger partial charge is 0.464 e. The minimum Gasteiger partial charge on any atom is -0.464 e. The Morgan fingerprint density at radius 3 is 2.79 bits per heavy atom. The Balaban J connectivity index is 2.05. The molecule has 2 rings (SSSR count). The molecule has 2 saturated carbocycles. The second-order valence-corrected chi connectivity index (χ2v) is 4.60. The van der Waals surface area contributed by atoms with Crippen LogP contribution in [-0.4, -0.2) is 18.4 Å². The van der Waals surface area contributed by atoms with Crippen LogP contribution in [0.3, 0.4) is 0 Å². The molecule has 0 aromatic rings. The fourth-order valence-electron chi connectivity index (χ4n) is 3.25. The number of Topliss-reactive ketones (excluding diaryl/α,β-unsaturated/α-hetero) is 1. The molecule has 0 heterocycles. The summed E-state index contributed by atoms with van der Waals surface area (Å²) in [4.78, 5) is 21.4. The van der Waals surface area contributed by atoms with Crippen molar-refractivity contribution in [2.45, 2.75) is 38.7 Å². The lowest BCUT2D eigenvalue weighted by Crippen LogP contribution is -2.31. The SMILES string of the molecule is CC(=O)C[C@@H]1[C@H]2CC[C@H](C2)[C@@H]1OC=O. The molecule has 14 heavy (non-hydrogen) atoms. The second-order valence-electron chi connectivity index (χ2n) is 4.60. The van der Waals surface area contributed by atoms with E-state index >= 15 is 0 Å². The van der Waals surface area contributed by atoms with Gasteiger partial charge in [0.2, 0.25) is 0 Å². The highest BCUT2D eigenvalue weighted by Gasteiger charge is 2.48. The maximum absolute atomic E-state index is 11.1. The van der Waals surface area contributed by atoms with Gasteiger partial charge in [0.25, 0.3) is 6.47 Å². The lowest BCUT2D eigenvalue weighted by molar-refractivity contribution is -0.140. The first-order chi connectivity index (χ1) is 6.72. The average molecular weight is 196 g/mol. The third-order valence-corrected chi connectivity index (χ3v) is 3.74. The molecule has 78 valence electrons. The third kappa shape index (κ3) is 1.56. The van der Waals surface area contributed by atoms with E-state index in [0.717, 1.165) is 12.8 Å². The summed E-state index contributed by atoms with van der Waals surface area (Å²) in [7, 11) is 0. The van der Waals surface area contributed by atoms with Gasteiger partial charge >= 0.3 is 0 Å². The van der Waals surface area contributed by atoms with Crippen molar-refractivity contribution >= 4 is 12.3 Å². The molecule has 0 amide bonds. The van der Waals surface area contributed by atoms with E-state index in [9.17, 15) is 9.59 Å². The Morgan fingerprint density at radius 2 is 2.14 bits per heavy atom. The smallest absolute Gasteiger partial charge is 0.293 e. The molecule has 0 aromatic heterocycles. The number of fused-ring (bicyclic) bond motifs is 2. The molecular weight excluding hydrogens is 180 g/mol. The standard InChI is InChI=1S/C11H16O3/c1-7(13)4-10-8-2-3-9(5-8)11(10)14-6-12/h6,8-11H,2-5H2,1H3/t8-,9+,10+,11-/m0/s1. The summed E-state index contributed by atoms with van der Waals surface area (Å²) in [5.74, 6) is 1.65. The molecule has 0 saturated heterocycles. The number of carbonyl (C=O) groups is 2.